The molecule has 0 fully saturated rings. The van der Waals surface area contributed by atoms with Gasteiger partial charge in [-0.25, -0.2) is 0 Å². The number of halogens is 4. The second kappa shape index (κ2) is 5.13. The van der Waals surface area contributed by atoms with Gasteiger partial charge >= 0.3 is 0 Å². The fourth-order valence-corrected chi connectivity index (χ4v) is 0.969. The Morgan fingerprint density at radius 3 is 2.11 bits per heavy atom. The van der Waals surface area contributed by atoms with E-state index in [4.69, 9.17) is 16.7 Å². The normalized spacial score (nSPS) is 16.6. The minimum Gasteiger partial charge on any atom is -0.387 e. The molecule has 5 heteroatoms. The number of aliphatic hydroxyl groups is 1. The average Bonchev–Trinajstić information content (AvgIpc) is 1.63. The highest BCUT2D eigenvalue weighted by Gasteiger charge is 2.08. The van der Waals surface area contributed by atoms with Crippen molar-refractivity contribution in [1.29, 1.82) is 0 Å². The minimum atomic E-state index is -0.680. The molecule has 0 bridgehead atoms. The van der Waals surface area contributed by atoms with Crippen molar-refractivity contribution >= 4 is 59.4 Å². The Labute approximate surface area is 83.8 Å². The van der Waals surface area contributed by atoms with Crippen molar-refractivity contribution in [2.75, 3.05) is 0 Å². The maximum absolute atomic E-state index is 8.98. The van der Waals surface area contributed by atoms with Crippen molar-refractivity contribution in [3.8, 4) is 0 Å². The molecule has 0 saturated heterocycles. The predicted molar refractivity (Wildman–Crippen MR) is 50.5 cm³/mol. The topological polar surface area (TPSA) is 20.2 Å². The van der Waals surface area contributed by atoms with Crippen LogP contribution >= 0.6 is 59.4 Å². The van der Waals surface area contributed by atoms with Gasteiger partial charge in [0.25, 0.3) is 0 Å². The molecule has 1 N–H and O–H groups in total. The Hall–Kier alpha value is 1.43. The Kier molecular flexibility index (Phi) is 5.94. The van der Waals surface area contributed by atoms with E-state index in [1.54, 1.807) is 0 Å². The summed E-state index contributed by atoms with van der Waals surface area (Å²) in [6.45, 7) is 0. The van der Waals surface area contributed by atoms with Crippen LogP contribution in [0.15, 0.2) is 9.47 Å². The van der Waals surface area contributed by atoms with Gasteiger partial charge in [0.2, 0.25) is 0 Å². The third-order valence-electron chi connectivity index (χ3n) is 0.555. The lowest BCUT2D eigenvalue weighted by atomic mass is 10.4. The van der Waals surface area contributed by atoms with Crippen LogP contribution in [0.4, 0.5) is 0 Å². The van der Waals surface area contributed by atoms with Crippen molar-refractivity contribution in [1.82, 2.24) is 0 Å². The summed E-state index contributed by atoms with van der Waals surface area (Å²) >= 11 is 14.6. The van der Waals surface area contributed by atoms with Crippen LogP contribution in [0, 0.1) is 0 Å². The van der Waals surface area contributed by atoms with Gasteiger partial charge in [0.1, 0.15) is 10.4 Å². The van der Waals surface area contributed by atoms with E-state index in [1.165, 1.54) is 6.08 Å². The third kappa shape index (κ3) is 5.85. The second-order valence-electron chi connectivity index (χ2n) is 1.28. The summed E-state index contributed by atoms with van der Waals surface area (Å²) in [6, 6.07) is 0. The summed E-state index contributed by atoms with van der Waals surface area (Å²) in [4.78, 5) is 0. The Morgan fingerprint density at radius 1 is 1.56 bits per heavy atom. The van der Waals surface area contributed by atoms with E-state index in [0.717, 1.165) is 0 Å². The highest BCUT2D eigenvalue weighted by atomic mass is 79.9. The van der Waals surface area contributed by atoms with E-state index in [-0.39, 0.29) is 0 Å². The summed E-state index contributed by atoms with van der Waals surface area (Å²) in [5.74, 6) is 0. The molecular formula is C4H4Br3ClO. The van der Waals surface area contributed by atoms with Crippen LogP contribution in [0.1, 0.15) is 0 Å². The zero-order valence-corrected chi connectivity index (χ0v) is 9.71. The molecule has 0 aliphatic carbocycles. The van der Waals surface area contributed by atoms with E-state index in [2.05, 4.69) is 47.8 Å². The van der Waals surface area contributed by atoms with E-state index in [1.807, 2.05) is 0 Å². The smallest absolute Gasteiger partial charge is 0.118 e. The molecular weight excluding hydrogens is 339 g/mol. The number of rotatable bonds is 2. The van der Waals surface area contributed by atoms with E-state index >= 15 is 0 Å². The van der Waals surface area contributed by atoms with Crippen LogP contribution < -0.4 is 0 Å². The first-order valence-corrected chi connectivity index (χ1v) is 4.97. The molecule has 0 aromatic carbocycles. The molecule has 0 aliphatic rings. The molecule has 0 radical (unpaired) electrons. The van der Waals surface area contributed by atoms with Gasteiger partial charge in [0, 0.05) is 0 Å². The predicted octanol–water partition coefficient (Wildman–Crippen LogP) is 2.94. The largest absolute Gasteiger partial charge is 0.387 e. The van der Waals surface area contributed by atoms with Crippen LogP contribution in [0.25, 0.3) is 0 Å². The lowest BCUT2D eigenvalue weighted by Crippen LogP contribution is -2.10. The lowest BCUT2D eigenvalue weighted by Gasteiger charge is -2.04. The SMILES string of the molecule is OC(C=C(Br)Br)C(Cl)Br. The fourth-order valence-electron chi connectivity index (χ4n) is 0.202. The first kappa shape index (κ1) is 10.4. The Morgan fingerprint density at radius 2 is 2.00 bits per heavy atom. The van der Waals surface area contributed by atoms with Crippen LogP contribution in [0.2, 0.25) is 0 Å². The van der Waals surface area contributed by atoms with Crippen molar-refractivity contribution < 1.29 is 5.11 Å². The molecule has 0 heterocycles. The molecule has 1 nitrogen and oxygen atoms in total. The van der Waals surface area contributed by atoms with Gasteiger partial charge in [0.15, 0.2) is 0 Å². The first-order chi connectivity index (χ1) is 4.04. The van der Waals surface area contributed by atoms with Gasteiger partial charge in [-0.2, -0.15) is 0 Å². The number of hydrogen-bond donors (Lipinski definition) is 1. The standard InChI is InChI=1S/C4H4Br3ClO/c5-3(6)1-2(9)4(7)8/h1-2,4,9H. The Bertz CT molecular complexity index is 110. The van der Waals surface area contributed by atoms with Crippen LogP contribution in [-0.2, 0) is 0 Å². The number of aliphatic hydroxyl groups excluding tert-OH is 1. The summed E-state index contributed by atoms with van der Waals surface area (Å²) in [6.07, 6.45) is 0.854. The lowest BCUT2D eigenvalue weighted by molar-refractivity contribution is 0.241. The molecule has 54 valence electrons. The summed E-state index contributed by atoms with van der Waals surface area (Å²) in [5.41, 5.74) is 0. The van der Waals surface area contributed by atoms with Crippen molar-refractivity contribution in [3.05, 3.63) is 9.47 Å². The van der Waals surface area contributed by atoms with E-state index in [9.17, 15) is 0 Å². The third-order valence-corrected chi connectivity index (χ3v) is 1.88. The van der Waals surface area contributed by atoms with Crippen LogP contribution in [0.3, 0.4) is 0 Å². The van der Waals surface area contributed by atoms with Gasteiger partial charge in [0.05, 0.1) is 3.39 Å². The molecule has 0 aromatic rings. The molecule has 0 aromatic heterocycles. The van der Waals surface area contributed by atoms with Gasteiger partial charge in [-0.1, -0.05) is 15.9 Å². The summed E-state index contributed by atoms with van der Waals surface area (Å²) < 4.78 is 0.246. The van der Waals surface area contributed by atoms with E-state index < -0.39 is 10.4 Å². The van der Waals surface area contributed by atoms with E-state index in [0.29, 0.717) is 3.39 Å². The monoisotopic (exact) mass is 340 g/mol. The average molecular weight is 343 g/mol. The second-order valence-corrected chi connectivity index (χ2v) is 6.04. The highest BCUT2D eigenvalue weighted by molar-refractivity contribution is 9.28. The van der Waals surface area contributed by atoms with Gasteiger partial charge in [-0.05, 0) is 37.9 Å². The quantitative estimate of drug-likeness (QED) is 0.765. The van der Waals surface area contributed by atoms with Crippen LogP contribution in [0.5, 0.6) is 0 Å². The van der Waals surface area contributed by atoms with Crippen molar-refractivity contribution in [2.45, 2.75) is 10.4 Å². The maximum atomic E-state index is 8.98. The molecule has 0 saturated carbocycles. The maximum Gasteiger partial charge on any atom is 0.118 e. The molecule has 0 amide bonds. The van der Waals surface area contributed by atoms with Crippen molar-refractivity contribution in [3.63, 3.8) is 0 Å². The summed E-state index contributed by atoms with van der Waals surface area (Å²) in [5, 5.41) is 8.98. The molecule has 2 atom stereocenters. The minimum absolute atomic E-state index is 0.442. The van der Waals surface area contributed by atoms with Gasteiger partial charge < -0.3 is 5.11 Å². The number of hydrogen-bond acceptors (Lipinski definition) is 1. The molecule has 0 spiro atoms. The van der Waals surface area contributed by atoms with Crippen LogP contribution in [-0.4, -0.2) is 15.5 Å². The summed E-state index contributed by atoms with van der Waals surface area (Å²) in [7, 11) is 0. The zero-order chi connectivity index (χ0) is 7.44. The molecule has 0 aliphatic heterocycles. The first-order valence-electron chi connectivity index (χ1n) is 2.03. The van der Waals surface area contributed by atoms with Gasteiger partial charge in [-0.15, -0.1) is 11.6 Å². The Balaban J connectivity index is 3.76. The fraction of sp³-hybridized carbons (Fsp3) is 0.500. The molecule has 0 rings (SSSR count). The molecule has 2 unspecified atom stereocenters. The zero-order valence-electron chi connectivity index (χ0n) is 4.19. The van der Waals surface area contributed by atoms with Crippen molar-refractivity contribution in [2.24, 2.45) is 0 Å². The molecule has 9 heavy (non-hydrogen) atoms. The number of alkyl halides is 2. The van der Waals surface area contributed by atoms with Gasteiger partial charge in [-0.3, -0.25) is 0 Å². The highest BCUT2D eigenvalue weighted by Crippen LogP contribution is 2.18.